The number of carbonyl (C=O) groups excluding carboxylic acids is 1. The van der Waals surface area contributed by atoms with Crippen molar-refractivity contribution in [3.05, 3.63) is 76.4 Å². The lowest BCUT2D eigenvalue weighted by Gasteiger charge is -2.12. The third-order valence-corrected chi connectivity index (χ3v) is 3.00. The number of nitrogens with one attached hydrogen (secondary N) is 1. The Kier molecular flexibility index (Phi) is 4.98. The topological polar surface area (TPSA) is 72.2 Å². The Bertz CT molecular complexity index is 769. The quantitative estimate of drug-likeness (QED) is 0.505. The van der Waals surface area contributed by atoms with E-state index in [1.165, 1.54) is 12.1 Å². The summed E-state index contributed by atoms with van der Waals surface area (Å²) in [6.07, 6.45) is -4.58. The Hall–Kier alpha value is -3.16. The number of ketones is 1. The lowest BCUT2D eigenvalue weighted by molar-refractivity contribution is -0.384. The van der Waals surface area contributed by atoms with E-state index in [1.54, 1.807) is 30.3 Å². The molecule has 0 aliphatic carbocycles. The summed E-state index contributed by atoms with van der Waals surface area (Å²) in [5, 5.41) is 13.4. The first-order valence-corrected chi connectivity index (χ1v) is 6.67. The monoisotopic (exact) mass is 336 g/mol. The summed E-state index contributed by atoms with van der Waals surface area (Å²) in [7, 11) is 0. The van der Waals surface area contributed by atoms with E-state index in [9.17, 15) is 28.1 Å². The molecule has 0 bridgehead atoms. The predicted molar refractivity (Wildman–Crippen MR) is 82.2 cm³/mol. The largest absolute Gasteiger partial charge is 0.454 e. The lowest BCUT2D eigenvalue weighted by Crippen LogP contribution is -2.21. The summed E-state index contributed by atoms with van der Waals surface area (Å²) in [6, 6.07) is 13.1. The van der Waals surface area contributed by atoms with Gasteiger partial charge in [-0.3, -0.25) is 14.9 Å². The van der Waals surface area contributed by atoms with Gasteiger partial charge >= 0.3 is 6.18 Å². The van der Waals surface area contributed by atoms with Crippen molar-refractivity contribution in [2.75, 3.05) is 5.32 Å². The fourth-order valence-corrected chi connectivity index (χ4v) is 1.84. The SMILES string of the molecule is O=C(C=C(Nc1ccccc1)c1ccc([N+](=O)[O-])cc1)C(F)(F)F. The second kappa shape index (κ2) is 6.95. The highest BCUT2D eigenvalue weighted by Crippen LogP contribution is 2.24. The van der Waals surface area contributed by atoms with Crippen LogP contribution in [0.25, 0.3) is 5.70 Å². The molecule has 2 aromatic rings. The van der Waals surface area contributed by atoms with Crippen LogP contribution in [0.4, 0.5) is 24.5 Å². The van der Waals surface area contributed by atoms with Gasteiger partial charge in [0.1, 0.15) is 0 Å². The van der Waals surface area contributed by atoms with Crippen molar-refractivity contribution in [3.8, 4) is 0 Å². The van der Waals surface area contributed by atoms with Crippen LogP contribution in [0, 0.1) is 10.1 Å². The molecule has 0 saturated carbocycles. The number of nitro benzene ring substituents is 1. The number of nitro groups is 1. The van der Waals surface area contributed by atoms with Gasteiger partial charge < -0.3 is 5.32 Å². The molecule has 0 aromatic heterocycles. The zero-order chi connectivity index (χ0) is 17.7. The molecule has 1 N–H and O–H groups in total. The zero-order valence-electron chi connectivity index (χ0n) is 12.1. The number of nitrogens with zero attached hydrogens (tertiary/aromatic N) is 1. The van der Waals surface area contributed by atoms with Gasteiger partial charge in [-0.1, -0.05) is 18.2 Å². The van der Waals surface area contributed by atoms with Crippen molar-refractivity contribution in [2.45, 2.75) is 6.18 Å². The molecule has 124 valence electrons. The number of benzene rings is 2. The van der Waals surface area contributed by atoms with Crippen LogP contribution in [0.3, 0.4) is 0 Å². The molecule has 0 amide bonds. The molecule has 24 heavy (non-hydrogen) atoms. The van der Waals surface area contributed by atoms with Gasteiger partial charge in [0.25, 0.3) is 11.5 Å². The summed E-state index contributed by atoms with van der Waals surface area (Å²) in [5.74, 6) is -2.03. The van der Waals surface area contributed by atoms with Crippen LogP contribution >= 0.6 is 0 Å². The van der Waals surface area contributed by atoms with Gasteiger partial charge in [-0.15, -0.1) is 0 Å². The molecule has 0 radical (unpaired) electrons. The van der Waals surface area contributed by atoms with Crippen LogP contribution in [0.5, 0.6) is 0 Å². The highest BCUT2D eigenvalue weighted by Gasteiger charge is 2.37. The molecule has 5 nitrogen and oxygen atoms in total. The minimum absolute atomic E-state index is 0.113. The van der Waals surface area contributed by atoms with Crippen LogP contribution in [-0.2, 0) is 4.79 Å². The van der Waals surface area contributed by atoms with Crippen LogP contribution < -0.4 is 5.32 Å². The Labute approximate surface area is 134 Å². The third kappa shape index (κ3) is 4.42. The molecule has 0 atom stereocenters. The molecule has 0 unspecified atom stereocenters. The maximum absolute atomic E-state index is 12.5. The molecule has 2 rings (SSSR count). The van der Waals surface area contributed by atoms with E-state index in [4.69, 9.17) is 0 Å². The van der Waals surface area contributed by atoms with E-state index >= 15 is 0 Å². The summed E-state index contributed by atoms with van der Waals surface area (Å²) >= 11 is 0. The van der Waals surface area contributed by atoms with Gasteiger partial charge in [-0.25, -0.2) is 0 Å². The first kappa shape index (κ1) is 17.2. The van der Waals surface area contributed by atoms with Crippen LogP contribution in [0.2, 0.25) is 0 Å². The summed E-state index contributed by atoms with van der Waals surface area (Å²) in [4.78, 5) is 21.3. The number of rotatable bonds is 5. The summed E-state index contributed by atoms with van der Waals surface area (Å²) < 4.78 is 37.6. The van der Waals surface area contributed by atoms with E-state index in [2.05, 4.69) is 5.32 Å². The molecule has 0 saturated heterocycles. The average Bonchev–Trinajstić information content (AvgIpc) is 2.54. The zero-order valence-corrected chi connectivity index (χ0v) is 12.1. The van der Waals surface area contributed by atoms with Crippen molar-refractivity contribution in [2.24, 2.45) is 0 Å². The molecule has 0 fully saturated rings. The smallest absolute Gasteiger partial charge is 0.355 e. The minimum Gasteiger partial charge on any atom is -0.355 e. The van der Waals surface area contributed by atoms with Gasteiger partial charge in [0, 0.05) is 29.6 Å². The number of anilines is 1. The minimum atomic E-state index is -5.01. The Morgan fingerprint density at radius 3 is 2.12 bits per heavy atom. The number of allylic oxidation sites excluding steroid dienone is 1. The maximum atomic E-state index is 12.5. The highest BCUT2D eigenvalue weighted by molar-refractivity contribution is 6.02. The van der Waals surface area contributed by atoms with Crippen molar-refractivity contribution in [1.29, 1.82) is 0 Å². The van der Waals surface area contributed by atoms with Gasteiger partial charge in [0.05, 0.1) is 4.92 Å². The van der Waals surface area contributed by atoms with E-state index in [0.717, 1.165) is 12.1 Å². The van der Waals surface area contributed by atoms with Gasteiger partial charge in [-0.05, 0) is 29.8 Å². The fraction of sp³-hybridized carbons (Fsp3) is 0.0625. The predicted octanol–water partition coefficient (Wildman–Crippen LogP) is 4.18. The molecule has 0 aliphatic heterocycles. The molecular formula is C16H11F3N2O3. The summed E-state index contributed by atoms with van der Waals surface area (Å²) in [5.41, 5.74) is 0.359. The highest BCUT2D eigenvalue weighted by atomic mass is 19.4. The number of para-hydroxylation sites is 1. The molecule has 0 spiro atoms. The Balaban J connectivity index is 2.40. The first-order valence-electron chi connectivity index (χ1n) is 6.67. The van der Waals surface area contributed by atoms with Gasteiger partial charge in [0.15, 0.2) is 0 Å². The molecule has 2 aromatic carbocycles. The van der Waals surface area contributed by atoms with E-state index in [1.807, 2.05) is 0 Å². The van der Waals surface area contributed by atoms with Crippen molar-refractivity contribution in [1.82, 2.24) is 0 Å². The van der Waals surface area contributed by atoms with E-state index in [-0.39, 0.29) is 16.9 Å². The van der Waals surface area contributed by atoms with Crippen LogP contribution in [0.1, 0.15) is 5.56 Å². The third-order valence-electron chi connectivity index (χ3n) is 3.00. The van der Waals surface area contributed by atoms with E-state index in [0.29, 0.717) is 11.8 Å². The molecular weight excluding hydrogens is 325 g/mol. The number of hydrogen-bond acceptors (Lipinski definition) is 4. The standard InChI is InChI=1S/C16H11F3N2O3/c17-16(18,19)15(22)10-14(20-12-4-2-1-3-5-12)11-6-8-13(9-7-11)21(23)24/h1-10,20H. The fourth-order valence-electron chi connectivity index (χ4n) is 1.84. The average molecular weight is 336 g/mol. The van der Waals surface area contributed by atoms with Crippen LogP contribution in [0.15, 0.2) is 60.7 Å². The molecule has 0 heterocycles. The molecule has 0 aliphatic rings. The number of halogens is 3. The number of alkyl halides is 3. The van der Waals surface area contributed by atoms with Gasteiger partial charge in [0.2, 0.25) is 0 Å². The van der Waals surface area contributed by atoms with Crippen molar-refractivity contribution in [3.63, 3.8) is 0 Å². The Morgan fingerprint density at radius 1 is 1.04 bits per heavy atom. The first-order chi connectivity index (χ1) is 11.3. The second-order valence-electron chi connectivity index (χ2n) is 4.72. The Morgan fingerprint density at radius 2 is 1.62 bits per heavy atom. The second-order valence-corrected chi connectivity index (χ2v) is 4.72. The number of carbonyl (C=O) groups is 1. The number of hydrogen-bond donors (Lipinski definition) is 1. The maximum Gasteiger partial charge on any atom is 0.454 e. The van der Waals surface area contributed by atoms with Gasteiger partial charge in [-0.2, -0.15) is 13.2 Å². The van der Waals surface area contributed by atoms with Crippen molar-refractivity contribution >= 4 is 22.9 Å². The van der Waals surface area contributed by atoms with Crippen molar-refractivity contribution < 1.29 is 22.9 Å². The lowest BCUT2D eigenvalue weighted by atomic mass is 10.1. The number of non-ortho nitro benzene ring substituents is 1. The summed E-state index contributed by atoms with van der Waals surface area (Å²) in [6.45, 7) is 0. The van der Waals surface area contributed by atoms with E-state index < -0.39 is 16.9 Å². The molecule has 8 heteroatoms. The normalized spacial score (nSPS) is 11.9. The van der Waals surface area contributed by atoms with Crippen LogP contribution in [-0.4, -0.2) is 16.9 Å².